The highest BCUT2D eigenvalue weighted by atomic mass is 16.3. The number of para-hydroxylation sites is 2. The van der Waals surface area contributed by atoms with Crippen molar-refractivity contribution in [3.63, 3.8) is 0 Å². The summed E-state index contributed by atoms with van der Waals surface area (Å²) >= 11 is 0. The molecule has 1 aliphatic rings. The van der Waals surface area contributed by atoms with Crippen LogP contribution in [0.25, 0.3) is 0 Å². The van der Waals surface area contributed by atoms with Gasteiger partial charge in [-0.25, -0.2) is 0 Å². The van der Waals surface area contributed by atoms with Crippen LogP contribution >= 0.6 is 0 Å². The van der Waals surface area contributed by atoms with Gasteiger partial charge in [0.05, 0.1) is 11.2 Å². The molecule has 4 heteroatoms. The first-order valence-electron chi connectivity index (χ1n) is 5.73. The van der Waals surface area contributed by atoms with Crippen molar-refractivity contribution < 1.29 is 5.11 Å². The van der Waals surface area contributed by atoms with Gasteiger partial charge in [0.25, 0.3) is 0 Å². The molecule has 0 aromatic heterocycles. The molecule has 5 N–H and O–H groups in total. The SMILES string of the molecule is NCC1(Nc2ccccc2O)CCCNC1. The van der Waals surface area contributed by atoms with Gasteiger partial charge in [0.15, 0.2) is 0 Å². The molecule has 1 aromatic rings. The van der Waals surface area contributed by atoms with E-state index < -0.39 is 0 Å². The van der Waals surface area contributed by atoms with Crippen LogP contribution < -0.4 is 16.4 Å². The lowest BCUT2D eigenvalue weighted by Crippen LogP contribution is -2.56. The molecule has 0 radical (unpaired) electrons. The molecule has 1 fully saturated rings. The number of phenols is 1. The molecular weight excluding hydrogens is 202 g/mol. The number of nitrogens with one attached hydrogen (secondary N) is 2. The van der Waals surface area contributed by atoms with Gasteiger partial charge in [-0.3, -0.25) is 0 Å². The molecule has 1 unspecified atom stereocenters. The number of anilines is 1. The number of rotatable bonds is 3. The average Bonchev–Trinajstić information content (AvgIpc) is 2.33. The van der Waals surface area contributed by atoms with Gasteiger partial charge < -0.3 is 21.5 Å². The van der Waals surface area contributed by atoms with E-state index in [2.05, 4.69) is 10.6 Å². The molecule has 4 nitrogen and oxygen atoms in total. The number of piperidine rings is 1. The first-order chi connectivity index (χ1) is 7.76. The fourth-order valence-electron chi connectivity index (χ4n) is 2.16. The van der Waals surface area contributed by atoms with Gasteiger partial charge in [0.2, 0.25) is 0 Å². The Morgan fingerprint density at radius 3 is 2.88 bits per heavy atom. The molecule has 0 spiro atoms. The van der Waals surface area contributed by atoms with Gasteiger partial charge in [-0.1, -0.05) is 12.1 Å². The number of hydrogen-bond acceptors (Lipinski definition) is 4. The lowest BCUT2D eigenvalue weighted by atomic mass is 9.90. The molecule has 16 heavy (non-hydrogen) atoms. The Morgan fingerprint density at radius 1 is 1.44 bits per heavy atom. The zero-order valence-electron chi connectivity index (χ0n) is 9.37. The average molecular weight is 221 g/mol. The highest BCUT2D eigenvalue weighted by Gasteiger charge is 2.30. The van der Waals surface area contributed by atoms with Crippen molar-refractivity contribution in [1.82, 2.24) is 5.32 Å². The Labute approximate surface area is 95.8 Å². The number of benzene rings is 1. The van der Waals surface area contributed by atoms with E-state index in [1.54, 1.807) is 6.07 Å². The third-order valence-corrected chi connectivity index (χ3v) is 3.17. The second kappa shape index (κ2) is 4.72. The lowest BCUT2D eigenvalue weighted by Gasteiger charge is -2.38. The van der Waals surface area contributed by atoms with Crippen LogP contribution in [-0.4, -0.2) is 30.3 Å². The fraction of sp³-hybridized carbons (Fsp3) is 0.500. The predicted octanol–water partition coefficient (Wildman–Crippen LogP) is 0.885. The topological polar surface area (TPSA) is 70.3 Å². The van der Waals surface area contributed by atoms with E-state index in [1.165, 1.54) is 0 Å². The maximum Gasteiger partial charge on any atom is 0.138 e. The first kappa shape index (κ1) is 11.2. The van der Waals surface area contributed by atoms with Crippen LogP contribution in [0.2, 0.25) is 0 Å². The Hall–Kier alpha value is -1.26. The third kappa shape index (κ3) is 2.28. The Balaban J connectivity index is 2.15. The zero-order valence-corrected chi connectivity index (χ0v) is 9.37. The van der Waals surface area contributed by atoms with Crippen LogP contribution in [0.3, 0.4) is 0 Å². The van der Waals surface area contributed by atoms with Crippen LogP contribution in [0.5, 0.6) is 5.75 Å². The summed E-state index contributed by atoms with van der Waals surface area (Å²) in [6.07, 6.45) is 2.14. The minimum Gasteiger partial charge on any atom is -0.506 e. The third-order valence-electron chi connectivity index (χ3n) is 3.17. The van der Waals surface area contributed by atoms with Gasteiger partial charge in [0, 0.05) is 13.1 Å². The van der Waals surface area contributed by atoms with E-state index in [1.807, 2.05) is 18.2 Å². The van der Waals surface area contributed by atoms with Gasteiger partial charge in [0.1, 0.15) is 5.75 Å². The quantitative estimate of drug-likeness (QED) is 0.572. The molecule has 1 atom stereocenters. The highest BCUT2D eigenvalue weighted by Crippen LogP contribution is 2.27. The van der Waals surface area contributed by atoms with Crippen molar-refractivity contribution >= 4 is 5.69 Å². The van der Waals surface area contributed by atoms with Crippen LogP contribution in [0.4, 0.5) is 5.69 Å². The van der Waals surface area contributed by atoms with Crippen molar-refractivity contribution in [2.45, 2.75) is 18.4 Å². The minimum absolute atomic E-state index is 0.128. The summed E-state index contributed by atoms with van der Waals surface area (Å²) in [5.74, 6) is 0.279. The largest absolute Gasteiger partial charge is 0.506 e. The van der Waals surface area contributed by atoms with E-state index >= 15 is 0 Å². The van der Waals surface area contributed by atoms with Gasteiger partial charge in [-0.15, -0.1) is 0 Å². The molecule has 88 valence electrons. The van der Waals surface area contributed by atoms with Gasteiger partial charge in [-0.2, -0.15) is 0 Å². The minimum atomic E-state index is -0.128. The van der Waals surface area contributed by atoms with E-state index in [0.717, 1.165) is 31.6 Å². The molecule has 0 saturated carbocycles. The van der Waals surface area contributed by atoms with Gasteiger partial charge >= 0.3 is 0 Å². The number of phenolic OH excluding ortho intramolecular Hbond substituents is 1. The highest BCUT2D eigenvalue weighted by molar-refractivity contribution is 5.57. The van der Waals surface area contributed by atoms with Crippen LogP contribution in [-0.2, 0) is 0 Å². The monoisotopic (exact) mass is 221 g/mol. The van der Waals surface area contributed by atoms with E-state index in [0.29, 0.717) is 6.54 Å². The smallest absolute Gasteiger partial charge is 0.138 e. The van der Waals surface area contributed by atoms with Crippen LogP contribution in [0.1, 0.15) is 12.8 Å². The molecule has 0 bridgehead atoms. The fourth-order valence-corrected chi connectivity index (χ4v) is 2.16. The standard InChI is InChI=1S/C12H19N3O/c13-8-12(6-3-7-14-9-12)15-10-4-1-2-5-11(10)16/h1-2,4-5,14-16H,3,6-9,13H2. The molecule has 1 saturated heterocycles. The van der Waals surface area contributed by atoms with E-state index in [4.69, 9.17) is 5.73 Å². The normalized spacial score (nSPS) is 25.3. The zero-order chi connectivity index (χ0) is 11.4. The van der Waals surface area contributed by atoms with Crippen molar-refractivity contribution in [3.8, 4) is 5.75 Å². The summed E-state index contributed by atoms with van der Waals surface area (Å²) in [6.45, 7) is 2.45. The first-order valence-corrected chi connectivity index (χ1v) is 5.73. The van der Waals surface area contributed by atoms with Crippen molar-refractivity contribution in [1.29, 1.82) is 0 Å². The molecule has 1 aromatic carbocycles. The van der Waals surface area contributed by atoms with Crippen molar-refractivity contribution in [2.75, 3.05) is 25.0 Å². The molecule has 0 aliphatic carbocycles. The maximum absolute atomic E-state index is 9.73. The molecule has 1 aliphatic heterocycles. The molecule has 0 amide bonds. The molecular formula is C12H19N3O. The Bertz CT molecular complexity index is 348. The van der Waals surface area contributed by atoms with Crippen LogP contribution in [0, 0.1) is 0 Å². The summed E-state index contributed by atoms with van der Waals surface area (Å²) < 4.78 is 0. The summed E-state index contributed by atoms with van der Waals surface area (Å²) in [4.78, 5) is 0. The van der Waals surface area contributed by atoms with E-state index in [-0.39, 0.29) is 11.3 Å². The van der Waals surface area contributed by atoms with E-state index in [9.17, 15) is 5.11 Å². The Morgan fingerprint density at radius 2 is 2.25 bits per heavy atom. The second-order valence-corrected chi connectivity index (χ2v) is 4.41. The van der Waals surface area contributed by atoms with Gasteiger partial charge in [-0.05, 0) is 31.5 Å². The lowest BCUT2D eigenvalue weighted by molar-refractivity contribution is 0.348. The predicted molar refractivity (Wildman–Crippen MR) is 65.6 cm³/mol. The van der Waals surface area contributed by atoms with Crippen molar-refractivity contribution in [3.05, 3.63) is 24.3 Å². The number of aromatic hydroxyl groups is 1. The maximum atomic E-state index is 9.73. The molecule has 2 rings (SSSR count). The number of hydrogen-bond donors (Lipinski definition) is 4. The second-order valence-electron chi connectivity index (χ2n) is 4.41. The Kier molecular flexibility index (Phi) is 3.31. The van der Waals surface area contributed by atoms with Crippen LogP contribution in [0.15, 0.2) is 24.3 Å². The molecule has 1 heterocycles. The summed E-state index contributed by atoms with van der Waals surface area (Å²) in [6, 6.07) is 7.28. The number of nitrogens with two attached hydrogens (primary N) is 1. The summed E-state index contributed by atoms with van der Waals surface area (Å²) in [5.41, 5.74) is 6.48. The summed E-state index contributed by atoms with van der Waals surface area (Å²) in [7, 11) is 0. The summed E-state index contributed by atoms with van der Waals surface area (Å²) in [5, 5.41) is 16.4. The van der Waals surface area contributed by atoms with Crippen molar-refractivity contribution in [2.24, 2.45) is 5.73 Å².